The summed E-state index contributed by atoms with van der Waals surface area (Å²) in [4.78, 5) is 18.9. The minimum Gasteiger partial charge on any atom is -0.311 e. The Morgan fingerprint density at radius 2 is 1.59 bits per heavy atom. The molecule has 0 bridgehead atoms. The standard InChI is InChI=1S/C21H29N5O/c1-25-14-10-18(11-15-25)23-17-2-4-19(5-3-17)26-21(27)7-6-20(24-26)16-8-12-22-13-9-16/h6-9,12-13,17-19,23H,2-5,10-11,14-15H2,1H3. The second kappa shape index (κ2) is 8.31. The van der Waals surface area contributed by atoms with E-state index in [1.807, 2.05) is 12.1 Å². The van der Waals surface area contributed by atoms with Gasteiger partial charge in [0.05, 0.1) is 11.7 Å². The van der Waals surface area contributed by atoms with Crippen LogP contribution in [0.15, 0.2) is 41.5 Å². The molecular formula is C21H29N5O. The summed E-state index contributed by atoms with van der Waals surface area (Å²) in [7, 11) is 2.20. The molecule has 2 aromatic rings. The highest BCUT2D eigenvalue weighted by Gasteiger charge is 2.26. The molecule has 144 valence electrons. The largest absolute Gasteiger partial charge is 0.311 e. The fourth-order valence-electron chi connectivity index (χ4n) is 4.36. The van der Waals surface area contributed by atoms with Gasteiger partial charge < -0.3 is 10.2 Å². The van der Waals surface area contributed by atoms with Gasteiger partial charge in [-0.1, -0.05) is 0 Å². The Kier molecular flexibility index (Phi) is 5.64. The number of aromatic nitrogens is 3. The van der Waals surface area contributed by atoms with E-state index in [2.05, 4.69) is 27.3 Å². The Hall–Kier alpha value is -2.05. The third-order valence-corrected chi connectivity index (χ3v) is 6.03. The van der Waals surface area contributed by atoms with Gasteiger partial charge >= 0.3 is 0 Å². The van der Waals surface area contributed by atoms with Gasteiger partial charge in [0.25, 0.3) is 5.56 Å². The SMILES string of the molecule is CN1CCC(NC2CCC(n3nc(-c4ccncc4)ccc3=O)CC2)CC1. The number of nitrogens with zero attached hydrogens (tertiary/aromatic N) is 4. The Balaban J connectivity index is 1.39. The Morgan fingerprint density at radius 1 is 0.926 bits per heavy atom. The Labute approximate surface area is 160 Å². The topological polar surface area (TPSA) is 63.1 Å². The van der Waals surface area contributed by atoms with Gasteiger partial charge in [0.2, 0.25) is 0 Å². The summed E-state index contributed by atoms with van der Waals surface area (Å²) < 4.78 is 1.71. The minimum atomic E-state index is -0.000432. The quantitative estimate of drug-likeness (QED) is 0.899. The molecule has 27 heavy (non-hydrogen) atoms. The smallest absolute Gasteiger partial charge is 0.267 e. The molecule has 0 aromatic carbocycles. The molecule has 2 aliphatic rings. The number of rotatable bonds is 4. The van der Waals surface area contributed by atoms with Crippen molar-refractivity contribution in [2.45, 2.75) is 56.7 Å². The maximum absolute atomic E-state index is 12.4. The lowest BCUT2D eigenvalue weighted by Gasteiger charge is -2.35. The van der Waals surface area contributed by atoms with Gasteiger partial charge in [0, 0.05) is 36.1 Å². The van der Waals surface area contributed by atoms with E-state index in [-0.39, 0.29) is 11.6 Å². The number of nitrogens with one attached hydrogen (secondary N) is 1. The van der Waals surface area contributed by atoms with Gasteiger partial charge in [0.1, 0.15) is 0 Å². The predicted octanol–water partition coefficient (Wildman–Crippen LogP) is 2.47. The first-order valence-corrected chi connectivity index (χ1v) is 10.1. The molecule has 3 heterocycles. The average molecular weight is 367 g/mol. The summed E-state index contributed by atoms with van der Waals surface area (Å²) in [5.74, 6) is 0. The summed E-state index contributed by atoms with van der Waals surface area (Å²) in [5.41, 5.74) is 1.83. The molecular weight excluding hydrogens is 338 g/mol. The first-order chi connectivity index (χ1) is 13.2. The van der Waals surface area contributed by atoms with Crippen molar-refractivity contribution >= 4 is 0 Å². The van der Waals surface area contributed by atoms with Crippen molar-refractivity contribution in [3.8, 4) is 11.3 Å². The molecule has 2 fully saturated rings. The van der Waals surface area contributed by atoms with E-state index in [1.54, 1.807) is 29.2 Å². The monoisotopic (exact) mass is 367 g/mol. The highest BCUT2D eigenvalue weighted by Crippen LogP contribution is 2.28. The van der Waals surface area contributed by atoms with Crippen molar-refractivity contribution in [2.24, 2.45) is 0 Å². The molecule has 0 radical (unpaired) electrons. The van der Waals surface area contributed by atoms with Crippen LogP contribution in [0.1, 0.15) is 44.6 Å². The molecule has 2 aromatic heterocycles. The van der Waals surface area contributed by atoms with Gasteiger partial charge in [-0.15, -0.1) is 0 Å². The summed E-state index contributed by atoms with van der Waals surface area (Å²) in [6.07, 6.45) is 10.2. The van der Waals surface area contributed by atoms with Crippen LogP contribution in [0.25, 0.3) is 11.3 Å². The van der Waals surface area contributed by atoms with Gasteiger partial charge in [-0.05, 0) is 76.9 Å². The number of piperidine rings is 1. The molecule has 1 N–H and O–H groups in total. The van der Waals surface area contributed by atoms with Crippen molar-refractivity contribution in [1.29, 1.82) is 0 Å². The molecule has 0 unspecified atom stereocenters. The second-order valence-corrected chi connectivity index (χ2v) is 7.99. The lowest BCUT2D eigenvalue weighted by Crippen LogP contribution is -2.46. The van der Waals surface area contributed by atoms with E-state index in [4.69, 9.17) is 0 Å². The van der Waals surface area contributed by atoms with Gasteiger partial charge in [-0.3, -0.25) is 9.78 Å². The Morgan fingerprint density at radius 3 is 2.30 bits per heavy atom. The fraction of sp³-hybridized carbons (Fsp3) is 0.571. The molecule has 1 aliphatic carbocycles. The van der Waals surface area contributed by atoms with E-state index in [0.717, 1.165) is 36.9 Å². The molecule has 4 rings (SSSR count). The third-order valence-electron chi connectivity index (χ3n) is 6.03. The molecule has 6 heteroatoms. The molecule has 1 saturated heterocycles. The number of hydrogen-bond donors (Lipinski definition) is 1. The highest BCUT2D eigenvalue weighted by molar-refractivity contribution is 5.57. The van der Waals surface area contributed by atoms with E-state index >= 15 is 0 Å². The van der Waals surface area contributed by atoms with Crippen LogP contribution in [0.2, 0.25) is 0 Å². The number of pyridine rings is 1. The van der Waals surface area contributed by atoms with Gasteiger partial charge in [-0.25, -0.2) is 4.68 Å². The second-order valence-electron chi connectivity index (χ2n) is 7.99. The molecule has 1 saturated carbocycles. The van der Waals surface area contributed by atoms with Crippen LogP contribution >= 0.6 is 0 Å². The van der Waals surface area contributed by atoms with Crippen molar-refractivity contribution in [1.82, 2.24) is 25.0 Å². The summed E-state index contributed by atoms with van der Waals surface area (Å²) in [6, 6.07) is 8.74. The van der Waals surface area contributed by atoms with E-state index in [1.165, 1.54) is 25.9 Å². The first-order valence-electron chi connectivity index (χ1n) is 10.1. The molecule has 1 aliphatic heterocycles. The van der Waals surface area contributed by atoms with E-state index in [9.17, 15) is 4.79 Å². The zero-order valence-electron chi connectivity index (χ0n) is 16.1. The van der Waals surface area contributed by atoms with E-state index in [0.29, 0.717) is 12.1 Å². The highest BCUT2D eigenvalue weighted by atomic mass is 16.1. The number of likely N-dealkylation sites (tertiary alicyclic amines) is 1. The normalized spacial score (nSPS) is 24.8. The lowest BCUT2D eigenvalue weighted by atomic mass is 9.90. The average Bonchev–Trinajstić information content (AvgIpc) is 2.71. The zero-order valence-corrected chi connectivity index (χ0v) is 16.1. The maximum atomic E-state index is 12.4. The lowest BCUT2D eigenvalue weighted by molar-refractivity contribution is 0.199. The predicted molar refractivity (Wildman–Crippen MR) is 107 cm³/mol. The van der Waals surface area contributed by atoms with Gasteiger partial charge in [0.15, 0.2) is 0 Å². The van der Waals surface area contributed by atoms with Crippen LogP contribution in [0.3, 0.4) is 0 Å². The van der Waals surface area contributed by atoms with E-state index < -0.39 is 0 Å². The van der Waals surface area contributed by atoms with Crippen LogP contribution < -0.4 is 10.9 Å². The molecule has 0 spiro atoms. The van der Waals surface area contributed by atoms with Crippen molar-refractivity contribution < 1.29 is 0 Å². The van der Waals surface area contributed by atoms with Gasteiger partial charge in [-0.2, -0.15) is 5.10 Å². The summed E-state index contributed by atoms with van der Waals surface area (Å²) >= 11 is 0. The molecule has 6 nitrogen and oxygen atoms in total. The van der Waals surface area contributed by atoms with Crippen LogP contribution in [0.5, 0.6) is 0 Å². The zero-order chi connectivity index (χ0) is 18.6. The summed E-state index contributed by atoms with van der Waals surface area (Å²) in [5, 5.41) is 8.53. The fourth-order valence-corrected chi connectivity index (χ4v) is 4.36. The summed E-state index contributed by atoms with van der Waals surface area (Å²) in [6.45, 7) is 2.38. The van der Waals surface area contributed by atoms with Crippen LogP contribution in [-0.4, -0.2) is 51.9 Å². The maximum Gasteiger partial charge on any atom is 0.267 e. The van der Waals surface area contributed by atoms with Crippen molar-refractivity contribution in [3.05, 3.63) is 47.0 Å². The van der Waals surface area contributed by atoms with Crippen LogP contribution in [-0.2, 0) is 0 Å². The number of hydrogen-bond acceptors (Lipinski definition) is 5. The Bertz CT molecular complexity index is 790. The van der Waals surface area contributed by atoms with Crippen LogP contribution in [0, 0.1) is 0 Å². The van der Waals surface area contributed by atoms with Crippen LogP contribution in [0.4, 0.5) is 0 Å². The van der Waals surface area contributed by atoms with Crippen molar-refractivity contribution in [2.75, 3.05) is 20.1 Å². The minimum absolute atomic E-state index is 0.000432. The van der Waals surface area contributed by atoms with Crippen molar-refractivity contribution in [3.63, 3.8) is 0 Å². The first kappa shape index (κ1) is 18.3. The third kappa shape index (κ3) is 4.45. The molecule has 0 atom stereocenters. The molecule has 0 amide bonds.